The number of nitrogens with one attached hydrogen (secondary N) is 1. The van der Waals surface area contributed by atoms with Gasteiger partial charge in [-0.25, -0.2) is 4.79 Å². The Balaban J connectivity index is 2.37. The first-order chi connectivity index (χ1) is 6.24. The minimum atomic E-state index is -0.669. The average molecular weight is 201 g/mol. The maximum absolute atomic E-state index is 11.1. The highest BCUT2D eigenvalue weighted by Gasteiger charge is 2.24. The van der Waals surface area contributed by atoms with E-state index in [2.05, 4.69) is 22.5 Å². The van der Waals surface area contributed by atoms with Gasteiger partial charge in [0, 0.05) is 0 Å². The largest absolute Gasteiger partial charge is 0.366 e. The van der Waals surface area contributed by atoms with Gasteiger partial charge < -0.3 is 0 Å². The Labute approximate surface area is 80.4 Å². The number of unbranched alkanes of at least 4 members (excludes halogenated alkanes) is 1. The van der Waals surface area contributed by atoms with Crippen molar-refractivity contribution in [1.29, 1.82) is 0 Å². The van der Waals surface area contributed by atoms with E-state index in [-0.39, 0.29) is 5.91 Å². The Morgan fingerprint density at radius 1 is 1.54 bits per heavy atom. The van der Waals surface area contributed by atoms with E-state index >= 15 is 0 Å². The predicted octanol–water partition coefficient (Wildman–Crippen LogP) is 1.55. The van der Waals surface area contributed by atoms with Crippen LogP contribution in [-0.2, 0) is 4.79 Å². The van der Waals surface area contributed by atoms with Crippen molar-refractivity contribution < 1.29 is 9.59 Å². The van der Waals surface area contributed by atoms with Crippen LogP contribution in [0.4, 0.5) is 4.79 Å². The number of hydrogen-bond acceptors (Lipinski definition) is 4. The molecule has 1 aliphatic rings. The summed E-state index contributed by atoms with van der Waals surface area (Å²) in [5, 5.41) is 8.42. The van der Waals surface area contributed by atoms with Crippen LogP contribution in [0, 0.1) is 0 Å². The van der Waals surface area contributed by atoms with Gasteiger partial charge in [0.15, 0.2) is 5.37 Å². The monoisotopic (exact) mass is 201 g/mol. The minimum absolute atomic E-state index is 0.360. The Hall–Kier alpha value is -0.910. The van der Waals surface area contributed by atoms with Crippen molar-refractivity contribution in [3.63, 3.8) is 0 Å². The van der Waals surface area contributed by atoms with Crippen LogP contribution in [-0.4, -0.2) is 23.1 Å². The third kappa shape index (κ3) is 3.14. The van der Waals surface area contributed by atoms with Crippen molar-refractivity contribution in [2.45, 2.75) is 25.1 Å². The number of azo groups is 1. The van der Waals surface area contributed by atoms with Gasteiger partial charge in [-0.05, 0) is 12.2 Å². The van der Waals surface area contributed by atoms with Crippen LogP contribution in [0.5, 0.6) is 0 Å². The van der Waals surface area contributed by atoms with E-state index in [0.717, 1.165) is 18.6 Å². The molecule has 0 fully saturated rings. The van der Waals surface area contributed by atoms with Crippen LogP contribution in [0.2, 0.25) is 0 Å². The second kappa shape index (κ2) is 4.96. The lowest BCUT2D eigenvalue weighted by molar-refractivity contribution is -0.119. The quantitative estimate of drug-likeness (QED) is 0.701. The topological polar surface area (TPSA) is 70.9 Å². The zero-order valence-corrected chi connectivity index (χ0v) is 8.13. The minimum Gasteiger partial charge on any atom is -0.272 e. The number of urea groups is 1. The van der Waals surface area contributed by atoms with E-state index in [1.54, 1.807) is 0 Å². The first-order valence-corrected chi connectivity index (χ1v) is 5.16. The van der Waals surface area contributed by atoms with Crippen LogP contribution in [0.3, 0.4) is 0 Å². The van der Waals surface area contributed by atoms with Gasteiger partial charge in [0.1, 0.15) is 0 Å². The fraction of sp³-hybridized carbons (Fsp3) is 0.714. The molecular formula is C7H11N3O2S. The summed E-state index contributed by atoms with van der Waals surface area (Å²) in [6.07, 6.45) is 2.12. The molecule has 0 radical (unpaired) electrons. The van der Waals surface area contributed by atoms with Crippen molar-refractivity contribution in [3.05, 3.63) is 0 Å². The summed E-state index contributed by atoms with van der Waals surface area (Å²) in [7, 11) is 0. The lowest BCUT2D eigenvalue weighted by atomic mass is 10.4. The van der Waals surface area contributed by atoms with Gasteiger partial charge in [0.25, 0.3) is 5.91 Å². The molecule has 1 aliphatic heterocycles. The molecule has 0 aromatic carbocycles. The third-order valence-corrected chi connectivity index (χ3v) is 2.63. The SMILES string of the molecule is CCCCSC1N=NC(=O)NC1=O. The number of thioether (sulfide) groups is 1. The average Bonchev–Trinajstić information content (AvgIpc) is 2.09. The highest BCUT2D eigenvalue weighted by atomic mass is 32.2. The van der Waals surface area contributed by atoms with E-state index in [0.29, 0.717) is 0 Å². The van der Waals surface area contributed by atoms with E-state index < -0.39 is 11.4 Å². The van der Waals surface area contributed by atoms with Crippen LogP contribution < -0.4 is 5.32 Å². The molecule has 1 unspecified atom stereocenters. The smallest absolute Gasteiger partial charge is 0.272 e. The molecule has 1 rings (SSSR count). The van der Waals surface area contributed by atoms with Gasteiger partial charge in [-0.2, -0.15) is 5.11 Å². The molecule has 1 atom stereocenters. The van der Waals surface area contributed by atoms with Gasteiger partial charge in [-0.15, -0.1) is 11.8 Å². The molecule has 1 N–H and O–H groups in total. The van der Waals surface area contributed by atoms with Crippen LogP contribution in [0.15, 0.2) is 10.2 Å². The Bertz CT molecular complexity index is 242. The van der Waals surface area contributed by atoms with Crippen molar-refractivity contribution in [1.82, 2.24) is 5.32 Å². The maximum Gasteiger partial charge on any atom is 0.366 e. The predicted molar refractivity (Wildman–Crippen MR) is 49.5 cm³/mol. The molecule has 5 nitrogen and oxygen atoms in total. The Kier molecular flexibility index (Phi) is 3.88. The molecule has 6 heteroatoms. The van der Waals surface area contributed by atoms with Crippen molar-refractivity contribution >= 4 is 23.7 Å². The fourth-order valence-corrected chi connectivity index (χ4v) is 1.80. The highest BCUT2D eigenvalue weighted by Crippen LogP contribution is 2.17. The van der Waals surface area contributed by atoms with E-state index in [9.17, 15) is 9.59 Å². The highest BCUT2D eigenvalue weighted by molar-refractivity contribution is 8.00. The van der Waals surface area contributed by atoms with Crippen molar-refractivity contribution in [3.8, 4) is 0 Å². The first kappa shape index (κ1) is 10.2. The molecule has 13 heavy (non-hydrogen) atoms. The zero-order valence-electron chi connectivity index (χ0n) is 7.32. The van der Waals surface area contributed by atoms with Gasteiger partial charge in [0.05, 0.1) is 0 Å². The summed E-state index contributed by atoms with van der Waals surface area (Å²) in [6, 6.07) is -0.669. The molecule has 0 spiro atoms. The normalized spacial score (nSPS) is 21.8. The summed E-state index contributed by atoms with van der Waals surface area (Å²) in [6.45, 7) is 2.08. The summed E-state index contributed by atoms with van der Waals surface area (Å²) < 4.78 is 0. The second-order valence-corrected chi connectivity index (χ2v) is 3.77. The zero-order chi connectivity index (χ0) is 9.68. The number of imide groups is 1. The first-order valence-electron chi connectivity index (χ1n) is 4.11. The molecular weight excluding hydrogens is 190 g/mol. The van der Waals surface area contributed by atoms with Crippen molar-refractivity contribution in [2.75, 3.05) is 5.75 Å². The van der Waals surface area contributed by atoms with E-state index in [1.165, 1.54) is 11.8 Å². The molecule has 0 saturated heterocycles. The molecule has 0 aromatic rings. The molecule has 0 aliphatic carbocycles. The summed E-state index contributed by atoms with van der Waals surface area (Å²) in [5.41, 5.74) is 0. The summed E-state index contributed by atoms with van der Waals surface area (Å²) in [5.74, 6) is 0.503. The lowest BCUT2D eigenvalue weighted by Gasteiger charge is -2.12. The van der Waals surface area contributed by atoms with Gasteiger partial charge in [-0.3, -0.25) is 10.1 Å². The molecule has 0 saturated carbocycles. The molecule has 1 heterocycles. The maximum atomic E-state index is 11.1. The molecule has 3 amide bonds. The summed E-state index contributed by atoms with van der Waals surface area (Å²) in [4.78, 5) is 21.6. The third-order valence-electron chi connectivity index (χ3n) is 1.48. The van der Waals surface area contributed by atoms with Gasteiger partial charge in [0.2, 0.25) is 0 Å². The number of nitrogens with zero attached hydrogens (tertiary/aromatic N) is 2. The van der Waals surface area contributed by atoms with E-state index in [1.807, 2.05) is 0 Å². The standard InChI is InChI=1S/C7H11N3O2S/c1-2-3-4-13-6-5(11)8-7(12)10-9-6/h6H,2-4H2,1H3,(H,8,11,12). The number of amides is 3. The Morgan fingerprint density at radius 2 is 2.31 bits per heavy atom. The van der Waals surface area contributed by atoms with E-state index in [4.69, 9.17) is 0 Å². The van der Waals surface area contributed by atoms with Gasteiger partial charge >= 0.3 is 6.03 Å². The summed E-state index contributed by atoms with van der Waals surface area (Å²) >= 11 is 1.41. The van der Waals surface area contributed by atoms with Crippen LogP contribution >= 0.6 is 11.8 Å². The molecule has 0 bridgehead atoms. The number of carbonyl (C=O) groups excluding carboxylic acids is 2. The number of rotatable bonds is 4. The second-order valence-electron chi connectivity index (χ2n) is 2.59. The van der Waals surface area contributed by atoms with Crippen molar-refractivity contribution in [2.24, 2.45) is 10.2 Å². The number of carbonyl (C=O) groups is 2. The van der Waals surface area contributed by atoms with Crippen LogP contribution in [0.25, 0.3) is 0 Å². The fourth-order valence-electron chi connectivity index (χ4n) is 0.798. The van der Waals surface area contributed by atoms with Gasteiger partial charge in [-0.1, -0.05) is 18.5 Å². The lowest BCUT2D eigenvalue weighted by Crippen LogP contribution is -2.38. The molecule has 0 aromatic heterocycles. The Morgan fingerprint density at radius 3 is 2.92 bits per heavy atom. The number of hydrogen-bond donors (Lipinski definition) is 1. The molecule has 72 valence electrons. The van der Waals surface area contributed by atoms with Crippen LogP contribution in [0.1, 0.15) is 19.8 Å².